The van der Waals surface area contributed by atoms with Gasteiger partial charge in [0.05, 0.1) is 57.5 Å². The summed E-state index contributed by atoms with van der Waals surface area (Å²) in [6, 6.07) is 40.8. The predicted molar refractivity (Wildman–Crippen MR) is 187 cm³/mol. The molecule has 3 unspecified atom stereocenters. The van der Waals surface area contributed by atoms with Crippen LogP contribution in [0.3, 0.4) is 0 Å². The van der Waals surface area contributed by atoms with E-state index in [1.807, 2.05) is 60.7 Å². The van der Waals surface area contributed by atoms with Gasteiger partial charge in [0, 0.05) is 17.4 Å². The molecular weight excluding hydrogens is 600 g/mol. The fourth-order valence-electron chi connectivity index (χ4n) is 6.99. The van der Waals surface area contributed by atoms with Crippen molar-refractivity contribution in [2.75, 3.05) is 13.2 Å². The van der Waals surface area contributed by atoms with Crippen LogP contribution in [0.4, 0.5) is 0 Å². The van der Waals surface area contributed by atoms with E-state index in [9.17, 15) is 5.11 Å². The third-order valence-electron chi connectivity index (χ3n) is 9.69. The number of fused-ring (bicyclic) bond motifs is 1. The van der Waals surface area contributed by atoms with Gasteiger partial charge >= 0.3 is 0 Å². The van der Waals surface area contributed by atoms with E-state index in [2.05, 4.69) is 60.7 Å². The lowest BCUT2D eigenvalue weighted by Crippen LogP contribution is -2.47. The number of aliphatic hydroxyl groups excluding tert-OH is 1. The Morgan fingerprint density at radius 1 is 0.583 bits per heavy atom. The highest BCUT2D eigenvalue weighted by Gasteiger charge is 2.41. The first-order valence-electron chi connectivity index (χ1n) is 17.7. The Kier molecular flexibility index (Phi) is 13.2. The van der Waals surface area contributed by atoms with Crippen molar-refractivity contribution in [2.45, 2.75) is 89.1 Å². The Balaban J connectivity index is 0.000000167. The summed E-state index contributed by atoms with van der Waals surface area (Å²) < 4.78 is 30.3. The zero-order valence-electron chi connectivity index (χ0n) is 27.9. The monoisotopic (exact) mass is 650 g/mol. The van der Waals surface area contributed by atoms with Gasteiger partial charge in [-0.25, -0.2) is 0 Å². The Bertz CT molecular complexity index is 1430. The second-order valence-electron chi connectivity index (χ2n) is 13.2. The van der Waals surface area contributed by atoms with Gasteiger partial charge in [0.15, 0.2) is 6.29 Å². The van der Waals surface area contributed by atoms with Crippen LogP contribution in [0.15, 0.2) is 121 Å². The average molecular weight is 651 g/mol. The van der Waals surface area contributed by atoms with Gasteiger partial charge in [0.25, 0.3) is 0 Å². The fraction of sp³-hybridized carbons (Fsp3) is 0.429. The first-order chi connectivity index (χ1) is 23.7. The number of hydrogen-bond donors (Lipinski definition) is 1. The number of rotatable bonds is 11. The number of ether oxygens (including phenoxy) is 5. The Labute approximate surface area is 286 Å². The Hall–Kier alpha value is -3.36. The summed E-state index contributed by atoms with van der Waals surface area (Å²) >= 11 is 0. The van der Waals surface area contributed by atoms with Crippen molar-refractivity contribution in [3.8, 4) is 0 Å². The van der Waals surface area contributed by atoms with Crippen molar-refractivity contribution < 1.29 is 28.8 Å². The highest BCUT2D eigenvalue weighted by Crippen LogP contribution is 2.38. The zero-order chi connectivity index (χ0) is 32.8. The molecule has 1 N–H and O–H groups in total. The lowest BCUT2D eigenvalue weighted by atomic mass is 9.84. The fourth-order valence-corrected chi connectivity index (χ4v) is 6.99. The van der Waals surface area contributed by atoms with Gasteiger partial charge in [-0.1, -0.05) is 134 Å². The van der Waals surface area contributed by atoms with E-state index in [-0.39, 0.29) is 30.5 Å². The maximum Gasteiger partial charge on any atom is 0.184 e. The normalized spacial score (nSPS) is 26.9. The molecule has 0 amide bonds. The van der Waals surface area contributed by atoms with Crippen molar-refractivity contribution in [3.05, 3.63) is 144 Å². The van der Waals surface area contributed by atoms with Crippen molar-refractivity contribution in [3.63, 3.8) is 0 Å². The summed E-state index contributed by atoms with van der Waals surface area (Å²) in [7, 11) is 0. The van der Waals surface area contributed by atoms with Crippen LogP contribution in [0, 0.1) is 11.8 Å². The van der Waals surface area contributed by atoms with E-state index in [4.69, 9.17) is 23.7 Å². The van der Waals surface area contributed by atoms with Crippen LogP contribution < -0.4 is 0 Å². The highest BCUT2D eigenvalue weighted by molar-refractivity contribution is 5.17. The molecule has 4 aromatic carbocycles. The van der Waals surface area contributed by atoms with Gasteiger partial charge in [-0.3, -0.25) is 0 Å². The van der Waals surface area contributed by atoms with E-state index in [0.29, 0.717) is 32.3 Å². The first-order valence-corrected chi connectivity index (χ1v) is 17.7. The molecule has 0 spiro atoms. The van der Waals surface area contributed by atoms with Crippen LogP contribution >= 0.6 is 0 Å². The van der Waals surface area contributed by atoms with Gasteiger partial charge < -0.3 is 28.8 Å². The number of aliphatic hydroxyl groups is 1. The van der Waals surface area contributed by atoms with Gasteiger partial charge in [-0.15, -0.1) is 0 Å². The summed E-state index contributed by atoms with van der Waals surface area (Å²) in [5.41, 5.74) is 4.61. The third kappa shape index (κ3) is 10.1. The summed E-state index contributed by atoms with van der Waals surface area (Å²) in [5, 5.41) is 10.6. The molecule has 2 saturated carbocycles. The van der Waals surface area contributed by atoms with Gasteiger partial charge in [-0.2, -0.15) is 0 Å². The largest absolute Gasteiger partial charge is 0.390 e. The molecule has 7 rings (SSSR count). The maximum absolute atomic E-state index is 10.6. The summed E-state index contributed by atoms with van der Waals surface area (Å²) in [6.45, 7) is 3.14. The van der Waals surface area contributed by atoms with Gasteiger partial charge in [0.2, 0.25) is 0 Å². The van der Waals surface area contributed by atoms with Crippen LogP contribution in [0.2, 0.25) is 0 Å². The van der Waals surface area contributed by atoms with Crippen LogP contribution in [-0.4, -0.2) is 42.7 Å². The summed E-state index contributed by atoms with van der Waals surface area (Å²) in [4.78, 5) is 0. The number of hydrogen-bond acceptors (Lipinski definition) is 6. The van der Waals surface area contributed by atoms with E-state index in [1.165, 1.54) is 17.5 Å². The maximum atomic E-state index is 10.6. The van der Waals surface area contributed by atoms with Crippen molar-refractivity contribution >= 4 is 0 Å². The first kappa shape index (κ1) is 34.5. The molecule has 48 heavy (non-hydrogen) atoms. The lowest BCUT2D eigenvalue weighted by molar-refractivity contribution is -0.276. The second kappa shape index (κ2) is 18.4. The molecule has 0 aromatic heterocycles. The molecular formula is C42H50O6. The molecule has 7 atom stereocenters. The molecule has 1 aliphatic heterocycles. The van der Waals surface area contributed by atoms with E-state index in [1.54, 1.807) is 0 Å². The van der Waals surface area contributed by atoms with Crippen LogP contribution in [0.25, 0.3) is 0 Å². The van der Waals surface area contributed by atoms with Crippen LogP contribution in [-0.2, 0) is 43.5 Å². The van der Waals surface area contributed by atoms with Crippen molar-refractivity contribution in [1.82, 2.24) is 0 Å². The molecule has 0 bridgehead atoms. The number of benzene rings is 4. The van der Waals surface area contributed by atoms with E-state index in [0.717, 1.165) is 49.8 Å². The third-order valence-corrected chi connectivity index (χ3v) is 9.69. The van der Waals surface area contributed by atoms with E-state index >= 15 is 0 Å². The average Bonchev–Trinajstić information content (AvgIpc) is 3.16. The van der Waals surface area contributed by atoms with Crippen LogP contribution in [0.5, 0.6) is 0 Å². The quantitative estimate of drug-likeness (QED) is 0.176. The van der Waals surface area contributed by atoms with E-state index < -0.39 is 6.10 Å². The molecule has 254 valence electrons. The van der Waals surface area contributed by atoms with Crippen molar-refractivity contribution in [1.29, 1.82) is 0 Å². The Morgan fingerprint density at radius 3 is 1.73 bits per heavy atom. The Morgan fingerprint density at radius 2 is 1.10 bits per heavy atom. The molecule has 3 aliphatic rings. The van der Waals surface area contributed by atoms with Crippen molar-refractivity contribution in [2.24, 2.45) is 11.8 Å². The minimum Gasteiger partial charge on any atom is -0.390 e. The summed E-state index contributed by atoms with van der Waals surface area (Å²) in [5.74, 6) is 0.600. The molecule has 6 heteroatoms. The molecule has 2 aliphatic carbocycles. The molecule has 4 aromatic rings. The second-order valence-corrected chi connectivity index (χ2v) is 13.2. The molecule has 6 nitrogen and oxygen atoms in total. The molecule has 1 saturated heterocycles. The lowest BCUT2D eigenvalue weighted by Gasteiger charge is -2.43. The standard InChI is InChI=1S/C21H24O3.C21H26O3/c1-3-8-16(9-4-1)14-22-19-13-7-12-18-15-23-21(24-20(18)19)17-10-5-2-6-11-17;22-21-19(16-23-14-17-8-3-1-4-9-17)12-7-13-20(21)24-15-18-10-5-2-6-11-18/h1-6,8-11,18-21H,7,12-15H2;1-6,8-11,19-22H,7,12-16H2/t18?,19-,20+,21?;19?,20-,21+/m00/s1. The smallest absolute Gasteiger partial charge is 0.184 e. The molecule has 3 fully saturated rings. The minimum atomic E-state index is -0.446. The molecule has 1 heterocycles. The van der Waals surface area contributed by atoms with Gasteiger partial charge in [-0.05, 0) is 42.4 Å². The van der Waals surface area contributed by atoms with Crippen LogP contribution in [0.1, 0.15) is 67.1 Å². The highest BCUT2D eigenvalue weighted by atomic mass is 16.7. The van der Waals surface area contributed by atoms with Gasteiger partial charge in [0.1, 0.15) is 0 Å². The topological polar surface area (TPSA) is 66.4 Å². The predicted octanol–water partition coefficient (Wildman–Crippen LogP) is 8.44. The minimum absolute atomic E-state index is 0.0933. The zero-order valence-corrected chi connectivity index (χ0v) is 27.9. The summed E-state index contributed by atoms with van der Waals surface area (Å²) in [6.07, 6.45) is 5.88. The SMILES string of the molecule is O[C@@H]1C(COCc2ccccc2)CCC[C@@H]1OCc1ccccc1.c1ccc(CO[C@H]2CCCC3COC(c4ccccc4)O[C@H]32)cc1. The molecule has 0 radical (unpaired) electrons.